The zero-order valence-electron chi connectivity index (χ0n) is 9.10. The Labute approximate surface area is 91.8 Å². The molecule has 0 fully saturated rings. The van der Waals surface area contributed by atoms with Gasteiger partial charge in [0.05, 0.1) is 6.10 Å². The fraction of sp³-hybridized carbons (Fsp3) is 0.500. The number of hydrogen-bond acceptors (Lipinski definition) is 4. The molecule has 0 aliphatic heterocycles. The summed E-state index contributed by atoms with van der Waals surface area (Å²) < 4.78 is 1.24. The van der Waals surface area contributed by atoms with Crippen molar-refractivity contribution in [3.8, 4) is 6.07 Å². The fourth-order valence-corrected chi connectivity index (χ4v) is 1.50. The van der Waals surface area contributed by atoms with E-state index in [-0.39, 0.29) is 11.6 Å². The van der Waals surface area contributed by atoms with E-state index in [1.165, 1.54) is 10.8 Å². The Morgan fingerprint density at radius 2 is 2.19 bits per heavy atom. The van der Waals surface area contributed by atoms with Gasteiger partial charge in [-0.1, -0.05) is 0 Å². The Kier molecular flexibility index (Phi) is 3.64. The molecule has 0 spiro atoms. The maximum atomic E-state index is 11.4. The minimum absolute atomic E-state index is 0.114. The van der Waals surface area contributed by atoms with Crippen molar-refractivity contribution in [2.24, 2.45) is 0 Å². The lowest BCUT2D eigenvalue weighted by Crippen LogP contribution is -2.33. The van der Waals surface area contributed by atoms with Crippen molar-refractivity contribution in [1.82, 2.24) is 9.55 Å². The van der Waals surface area contributed by atoms with Gasteiger partial charge in [-0.05, 0) is 20.3 Å². The topological polar surface area (TPSA) is 98.9 Å². The first-order valence-corrected chi connectivity index (χ1v) is 4.89. The second-order valence-corrected chi connectivity index (χ2v) is 3.75. The van der Waals surface area contributed by atoms with Crippen molar-refractivity contribution >= 4 is 0 Å². The van der Waals surface area contributed by atoms with Crippen molar-refractivity contribution in [3.05, 3.63) is 32.6 Å². The maximum absolute atomic E-state index is 11.4. The summed E-state index contributed by atoms with van der Waals surface area (Å²) >= 11 is 0. The number of nitrogens with one attached hydrogen (secondary N) is 1. The highest BCUT2D eigenvalue weighted by Crippen LogP contribution is 2.09. The van der Waals surface area contributed by atoms with Gasteiger partial charge in [0, 0.05) is 12.2 Å². The Morgan fingerprint density at radius 1 is 1.56 bits per heavy atom. The lowest BCUT2D eigenvalue weighted by atomic mass is 10.1. The summed E-state index contributed by atoms with van der Waals surface area (Å²) in [4.78, 5) is 24.6. The second kappa shape index (κ2) is 4.77. The summed E-state index contributed by atoms with van der Waals surface area (Å²) in [6, 6.07) is 1.42. The highest BCUT2D eigenvalue weighted by Gasteiger charge is 2.12. The van der Waals surface area contributed by atoms with Crippen LogP contribution in [0, 0.1) is 11.3 Å². The van der Waals surface area contributed by atoms with Crippen molar-refractivity contribution < 1.29 is 5.11 Å². The highest BCUT2D eigenvalue weighted by molar-refractivity contribution is 5.21. The summed E-state index contributed by atoms with van der Waals surface area (Å²) in [5.74, 6) is 0. The molecule has 16 heavy (non-hydrogen) atoms. The molecule has 1 aromatic heterocycles. The normalized spacial score (nSPS) is 14.1. The second-order valence-electron chi connectivity index (χ2n) is 3.75. The minimum Gasteiger partial charge on any atom is -0.393 e. The third kappa shape index (κ3) is 2.58. The molecule has 0 amide bonds. The average Bonchev–Trinajstić information content (AvgIpc) is 2.16. The first-order chi connectivity index (χ1) is 7.45. The van der Waals surface area contributed by atoms with Gasteiger partial charge in [-0.25, -0.2) is 4.79 Å². The van der Waals surface area contributed by atoms with Crippen molar-refractivity contribution in [1.29, 1.82) is 5.26 Å². The van der Waals surface area contributed by atoms with Crippen LogP contribution < -0.4 is 11.2 Å². The molecule has 0 saturated carbocycles. The van der Waals surface area contributed by atoms with E-state index in [2.05, 4.69) is 4.98 Å². The van der Waals surface area contributed by atoms with Crippen molar-refractivity contribution in [3.63, 3.8) is 0 Å². The maximum Gasteiger partial charge on any atom is 0.328 e. The summed E-state index contributed by atoms with van der Waals surface area (Å²) in [6.45, 7) is 3.34. The zero-order chi connectivity index (χ0) is 12.3. The molecule has 0 aromatic carbocycles. The van der Waals surface area contributed by atoms with Gasteiger partial charge in [0.25, 0.3) is 5.56 Å². The molecule has 1 rings (SSSR count). The van der Waals surface area contributed by atoms with Crippen LogP contribution in [0.3, 0.4) is 0 Å². The van der Waals surface area contributed by atoms with Gasteiger partial charge in [-0.2, -0.15) is 5.26 Å². The molecule has 6 nitrogen and oxygen atoms in total. The predicted octanol–water partition coefficient (Wildman–Crippen LogP) is -0.260. The molecule has 0 saturated heterocycles. The van der Waals surface area contributed by atoms with Gasteiger partial charge in [-0.3, -0.25) is 14.3 Å². The average molecular weight is 223 g/mol. The standard InChI is InChI=1S/C10H13N3O3/c1-6(3-7(2)14)13-5-8(4-11)9(15)12-10(13)16/h5-7,14H,3H2,1-2H3,(H,12,15,16). The number of hydrogen-bond donors (Lipinski definition) is 2. The Hall–Kier alpha value is -1.87. The Balaban J connectivity index is 3.20. The Bertz CT molecular complexity index is 521. The van der Waals surface area contributed by atoms with Crippen LogP contribution in [-0.2, 0) is 0 Å². The number of nitriles is 1. The molecule has 2 unspecified atom stereocenters. The monoisotopic (exact) mass is 223 g/mol. The van der Waals surface area contributed by atoms with E-state index in [9.17, 15) is 14.7 Å². The van der Waals surface area contributed by atoms with E-state index in [4.69, 9.17) is 5.26 Å². The lowest BCUT2D eigenvalue weighted by molar-refractivity contribution is 0.164. The van der Waals surface area contributed by atoms with Crippen molar-refractivity contribution in [2.45, 2.75) is 32.4 Å². The van der Waals surface area contributed by atoms with E-state index < -0.39 is 17.4 Å². The van der Waals surface area contributed by atoms with E-state index in [0.717, 1.165) is 0 Å². The molecule has 0 bridgehead atoms. The number of aliphatic hydroxyl groups is 1. The van der Waals surface area contributed by atoms with Crippen molar-refractivity contribution in [2.75, 3.05) is 0 Å². The summed E-state index contributed by atoms with van der Waals surface area (Å²) in [5, 5.41) is 17.9. The number of aromatic nitrogens is 2. The van der Waals surface area contributed by atoms with Gasteiger partial charge < -0.3 is 5.11 Å². The van der Waals surface area contributed by atoms with Crippen LogP contribution in [0.15, 0.2) is 15.8 Å². The molecule has 0 aliphatic carbocycles. The third-order valence-corrected chi connectivity index (χ3v) is 2.25. The van der Waals surface area contributed by atoms with Crippen LogP contribution in [0.4, 0.5) is 0 Å². The molecule has 1 aromatic rings. The molecule has 2 N–H and O–H groups in total. The van der Waals surface area contributed by atoms with E-state index in [1.807, 2.05) is 0 Å². The summed E-state index contributed by atoms with van der Waals surface area (Å²) in [6.07, 6.45) is 1.03. The number of nitrogens with zero attached hydrogens (tertiary/aromatic N) is 2. The zero-order valence-corrected chi connectivity index (χ0v) is 9.10. The van der Waals surface area contributed by atoms with Gasteiger partial charge >= 0.3 is 5.69 Å². The quantitative estimate of drug-likeness (QED) is 0.737. The molecule has 6 heteroatoms. The molecule has 0 aliphatic rings. The lowest BCUT2D eigenvalue weighted by Gasteiger charge is -2.15. The van der Waals surface area contributed by atoms with Crippen LogP contribution in [0.5, 0.6) is 0 Å². The van der Waals surface area contributed by atoms with Gasteiger partial charge in [0.15, 0.2) is 0 Å². The molecular weight excluding hydrogens is 210 g/mol. The number of H-pyrrole nitrogens is 1. The predicted molar refractivity (Wildman–Crippen MR) is 57.0 cm³/mol. The fourth-order valence-electron chi connectivity index (χ4n) is 1.50. The molecule has 2 atom stereocenters. The van der Waals surface area contributed by atoms with Gasteiger partial charge in [0.2, 0.25) is 0 Å². The molecule has 86 valence electrons. The van der Waals surface area contributed by atoms with E-state index in [1.54, 1.807) is 19.9 Å². The number of rotatable bonds is 3. The molecule has 1 heterocycles. The van der Waals surface area contributed by atoms with Crippen LogP contribution in [0.25, 0.3) is 0 Å². The highest BCUT2D eigenvalue weighted by atomic mass is 16.3. The summed E-state index contributed by atoms with van der Waals surface area (Å²) in [7, 11) is 0. The molecular formula is C10H13N3O3. The van der Waals surface area contributed by atoms with E-state index in [0.29, 0.717) is 6.42 Å². The minimum atomic E-state index is -0.687. The van der Waals surface area contributed by atoms with Gasteiger partial charge in [-0.15, -0.1) is 0 Å². The van der Waals surface area contributed by atoms with E-state index >= 15 is 0 Å². The molecule has 0 radical (unpaired) electrons. The van der Waals surface area contributed by atoms with Crippen LogP contribution in [-0.4, -0.2) is 20.8 Å². The SMILES string of the molecule is CC(O)CC(C)n1cc(C#N)c(=O)[nH]c1=O. The van der Waals surface area contributed by atoms with Gasteiger partial charge in [0.1, 0.15) is 11.6 Å². The first-order valence-electron chi connectivity index (χ1n) is 4.89. The first kappa shape index (κ1) is 12.2. The van der Waals surface area contributed by atoms with Crippen LogP contribution >= 0.6 is 0 Å². The largest absolute Gasteiger partial charge is 0.393 e. The van der Waals surface area contributed by atoms with Crippen LogP contribution in [0.2, 0.25) is 0 Å². The number of aliphatic hydroxyl groups excluding tert-OH is 1. The van der Waals surface area contributed by atoms with Crippen LogP contribution in [0.1, 0.15) is 31.9 Å². The number of aromatic amines is 1. The Morgan fingerprint density at radius 3 is 2.69 bits per heavy atom. The third-order valence-electron chi connectivity index (χ3n) is 2.25. The smallest absolute Gasteiger partial charge is 0.328 e. The summed E-state index contributed by atoms with van der Waals surface area (Å²) in [5.41, 5.74) is -1.37.